The first-order chi connectivity index (χ1) is 9.95. The summed E-state index contributed by atoms with van der Waals surface area (Å²) in [6.07, 6.45) is 2.29. The number of piperazine rings is 1. The predicted octanol–water partition coefficient (Wildman–Crippen LogP) is 2.08. The van der Waals surface area contributed by atoms with Gasteiger partial charge in [0.05, 0.1) is 0 Å². The number of nitrogens with zero attached hydrogens (tertiary/aromatic N) is 4. The first-order valence-corrected chi connectivity index (χ1v) is 8.76. The first-order valence-electron chi connectivity index (χ1n) is 7.99. The van der Waals surface area contributed by atoms with Crippen LogP contribution in [0.5, 0.6) is 0 Å². The molecule has 21 heavy (non-hydrogen) atoms. The van der Waals surface area contributed by atoms with Crippen LogP contribution in [0, 0.1) is 0 Å². The zero-order valence-corrected chi connectivity index (χ0v) is 14.6. The lowest BCUT2D eigenvalue weighted by Gasteiger charge is -2.38. The Bertz CT molecular complexity index is 432. The van der Waals surface area contributed by atoms with Crippen LogP contribution in [0.4, 0.5) is 5.13 Å². The van der Waals surface area contributed by atoms with Crippen LogP contribution in [0.25, 0.3) is 0 Å². The fourth-order valence-electron chi connectivity index (χ4n) is 2.76. The van der Waals surface area contributed by atoms with E-state index in [2.05, 4.69) is 41.9 Å². The van der Waals surface area contributed by atoms with Crippen LogP contribution in [0.15, 0.2) is 0 Å². The molecule has 1 aliphatic rings. The number of rotatable bonds is 5. The van der Waals surface area contributed by atoms with Gasteiger partial charge in [0, 0.05) is 49.2 Å². The summed E-state index contributed by atoms with van der Waals surface area (Å²) in [6, 6.07) is 0.636. The molecule has 1 unspecified atom stereocenters. The van der Waals surface area contributed by atoms with E-state index < -0.39 is 0 Å². The van der Waals surface area contributed by atoms with Crippen molar-refractivity contribution in [3.8, 4) is 0 Å². The molecule has 0 amide bonds. The summed E-state index contributed by atoms with van der Waals surface area (Å²) >= 11 is 1.53. The molecule has 0 saturated carbocycles. The zero-order valence-electron chi connectivity index (χ0n) is 13.8. The Kier molecular flexibility index (Phi) is 5.57. The Balaban J connectivity index is 1.93. The lowest BCUT2D eigenvalue weighted by molar-refractivity contribution is 0.173. The molecule has 1 aromatic heterocycles. The van der Waals surface area contributed by atoms with Gasteiger partial charge in [0.15, 0.2) is 0 Å². The van der Waals surface area contributed by atoms with Gasteiger partial charge in [0.25, 0.3) is 0 Å². The molecule has 0 aliphatic carbocycles. The van der Waals surface area contributed by atoms with Gasteiger partial charge in [-0.25, -0.2) is 4.98 Å². The molecule has 1 fully saturated rings. The van der Waals surface area contributed by atoms with Crippen molar-refractivity contribution in [1.29, 1.82) is 0 Å². The fourth-order valence-corrected chi connectivity index (χ4v) is 3.67. The molecule has 1 aliphatic heterocycles. The molecule has 120 valence electrons. The summed E-state index contributed by atoms with van der Waals surface area (Å²) in [7, 11) is 0. The van der Waals surface area contributed by atoms with Crippen molar-refractivity contribution in [2.24, 2.45) is 5.73 Å². The molecular formula is C15H29N5S. The van der Waals surface area contributed by atoms with E-state index in [1.54, 1.807) is 0 Å². The average molecular weight is 311 g/mol. The molecule has 1 saturated heterocycles. The maximum atomic E-state index is 5.72. The van der Waals surface area contributed by atoms with E-state index in [-0.39, 0.29) is 5.41 Å². The molecule has 5 nitrogen and oxygen atoms in total. The van der Waals surface area contributed by atoms with Crippen LogP contribution >= 0.6 is 11.5 Å². The summed E-state index contributed by atoms with van der Waals surface area (Å²) in [5, 5.41) is 1.08. The molecule has 1 aromatic rings. The third-order valence-corrected chi connectivity index (χ3v) is 4.94. The van der Waals surface area contributed by atoms with Crippen molar-refractivity contribution >= 4 is 16.7 Å². The van der Waals surface area contributed by atoms with E-state index in [4.69, 9.17) is 10.7 Å². The molecule has 2 N–H and O–H groups in total. The molecule has 0 radical (unpaired) electrons. The molecule has 2 rings (SSSR count). The number of aromatic nitrogens is 2. The van der Waals surface area contributed by atoms with Crippen LogP contribution in [0.1, 0.15) is 46.4 Å². The van der Waals surface area contributed by atoms with Crippen molar-refractivity contribution in [2.75, 3.05) is 37.6 Å². The van der Waals surface area contributed by atoms with Crippen molar-refractivity contribution < 1.29 is 0 Å². The van der Waals surface area contributed by atoms with Crippen LogP contribution in [0.3, 0.4) is 0 Å². The highest BCUT2D eigenvalue weighted by atomic mass is 32.1. The first kappa shape index (κ1) is 16.6. The third kappa shape index (κ3) is 4.14. The molecule has 1 atom stereocenters. The lowest BCUT2D eigenvalue weighted by atomic mass is 9.96. The van der Waals surface area contributed by atoms with E-state index >= 15 is 0 Å². The summed E-state index contributed by atoms with van der Waals surface area (Å²) in [5.41, 5.74) is 5.75. The van der Waals surface area contributed by atoms with Crippen molar-refractivity contribution in [3.05, 3.63) is 5.82 Å². The van der Waals surface area contributed by atoms with Gasteiger partial charge >= 0.3 is 0 Å². The van der Waals surface area contributed by atoms with Gasteiger partial charge < -0.3 is 10.6 Å². The zero-order chi connectivity index (χ0) is 15.5. The molecule has 6 heteroatoms. The van der Waals surface area contributed by atoms with Gasteiger partial charge in [-0.15, -0.1) is 0 Å². The normalized spacial score (nSPS) is 19.0. The van der Waals surface area contributed by atoms with E-state index in [0.29, 0.717) is 6.04 Å². The van der Waals surface area contributed by atoms with Crippen LogP contribution < -0.4 is 10.6 Å². The standard InChI is InChI=1S/C15H29N5S/c1-5-12(6-7-16)19-8-10-20(11-9-19)14-17-13(18-21-14)15(2,3)4/h12H,5-11,16H2,1-4H3. The van der Waals surface area contributed by atoms with Crippen LogP contribution in [0.2, 0.25) is 0 Å². The highest BCUT2D eigenvalue weighted by molar-refractivity contribution is 7.09. The minimum Gasteiger partial charge on any atom is -0.344 e. The maximum Gasteiger partial charge on any atom is 0.205 e. The van der Waals surface area contributed by atoms with Crippen molar-refractivity contribution in [2.45, 2.75) is 52.0 Å². The highest BCUT2D eigenvalue weighted by Gasteiger charge is 2.26. The summed E-state index contributed by atoms with van der Waals surface area (Å²) in [5.74, 6) is 0.958. The predicted molar refractivity (Wildman–Crippen MR) is 90.1 cm³/mol. The summed E-state index contributed by atoms with van der Waals surface area (Å²) < 4.78 is 4.52. The van der Waals surface area contributed by atoms with Gasteiger partial charge in [0.2, 0.25) is 5.13 Å². The molecule has 0 bridgehead atoms. The van der Waals surface area contributed by atoms with E-state index in [9.17, 15) is 0 Å². The number of hydrogen-bond donors (Lipinski definition) is 1. The Morgan fingerprint density at radius 1 is 1.24 bits per heavy atom. The Morgan fingerprint density at radius 3 is 2.38 bits per heavy atom. The Morgan fingerprint density at radius 2 is 1.90 bits per heavy atom. The fraction of sp³-hybridized carbons (Fsp3) is 0.867. The van der Waals surface area contributed by atoms with Crippen molar-refractivity contribution in [3.63, 3.8) is 0 Å². The minimum atomic E-state index is 0.0327. The second-order valence-corrected chi connectivity index (χ2v) is 7.54. The topological polar surface area (TPSA) is 58.3 Å². The summed E-state index contributed by atoms with van der Waals surface area (Å²) in [4.78, 5) is 9.68. The molecule has 2 heterocycles. The van der Waals surface area contributed by atoms with Gasteiger partial charge in [-0.2, -0.15) is 4.37 Å². The second kappa shape index (κ2) is 7.03. The van der Waals surface area contributed by atoms with Gasteiger partial charge in [-0.3, -0.25) is 4.90 Å². The van der Waals surface area contributed by atoms with Crippen molar-refractivity contribution in [1.82, 2.24) is 14.3 Å². The van der Waals surface area contributed by atoms with Crippen LogP contribution in [-0.4, -0.2) is 53.0 Å². The van der Waals surface area contributed by atoms with E-state index in [0.717, 1.165) is 50.1 Å². The Hall–Kier alpha value is -0.720. The molecule has 0 aromatic carbocycles. The monoisotopic (exact) mass is 311 g/mol. The van der Waals surface area contributed by atoms with Gasteiger partial charge in [0.1, 0.15) is 5.82 Å². The van der Waals surface area contributed by atoms with Gasteiger partial charge in [-0.05, 0) is 19.4 Å². The second-order valence-electron chi connectivity index (χ2n) is 6.81. The highest BCUT2D eigenvalue weighted by Crippen LogP contribution is 2.26. The van der Waals surface area contributed by atoms with E-state index in [1.165, 1.54) is 18.0 Å². The Labute approximate surface area is 132 Å². The maximum absolute atomic E-state index is 5.72. The third-order valence-electron chi connectivity index (χ3n) is 4.16. The number of hydrogen-bond acceptors (Lipinski definition) is 6. The van der Waals surface area contributed by atoms with Gasteiger partial charge in [-0.1, -0.05) is 27.7 Å². The SMILES string of the molecule is CCC(CCN)N1CCN(c2nc(C(C)(C)C)ns2)CC1. The smallest absolute Gasteiger partial charge is 0.205 e. The summed E-state index contributed by atoms with van der Waals surface area (Å²) in [6.45, 7) is 13.8. The largest absolute Gasteiger partial charge is 0.344 e. The quantitative estimate of drug-likeness (QED) is 0.902. The lowest BCUT2D eigenvalue weighted by Crippen LogP contribution is -2.50. The molecule has 0 spiro atoms. The van der Waals surface area contributed by atoms with E-state index in [1.807, 2.05) is 0 Å². The molecular weight excluding hydrogens is 282 g/mol. The number of anilines is 1. The number of nitrogens with two attached hydrogens (primary N) is 1. The minimum absolute atomic E-state index is 0.0327. The van der Waals surface area contributed by atoms with Crippen LogP contribution in [-0.2, 0) is 5.41 Å². The average Bonchev–Trinajstić information content (AvgIpc) is 2.95.